The first-order valence-electron chi connectivity index (χ1n) is 9.18. The van der Waals surface area contributed by atoms with Crippen molar-refractivity contribution in [1.29, 1.82) is 0 Å². The first-order chi connectivity index (χ1) is 13.4. The lowest BCUT2D eigenvalue weighted by Gasteiger charge is -2.34. The monoisotopic (exact) mass is 445 g/mol. The lowest BCUT2D eigenvalue weighted by molar-refractivity contribution is -0.121. The van der Waals surface area contributed by atoms with E-state index in [4.69, 9.17) is 0 Å². The third-order valence-corrected chi connectivity index (χ3v) is 5.35. The standard InChI is InChI=1S/C20H24BrN5O2/c1-14-4-3-5-17(15(14)2)23-20(28)24-19(27)13-25-8-10-26(11-9-25)18-7-6-16(21)12-22-18/h3-7,12H,8-11,13H2,1-2H3,(H2,23,24,27,28). The molecule has 0 unspecified atom stereocenters. The fraction of sp³-hybridized carbons (Fsp3) is 0.350. The predicted molar refractivity (Wildman–Crippen MR) is 114 cm³/mol. The van der Waals surface area contributed by atoms with Crippen LogP contribution < -0.4 is 15.5 Å². The van der Waals surface area contributed by atoms with Gasteiger partial charge in [-0.1, -0.05) is 12.1 Å². The van der Waals surface area contributed by atoms with Gasteiger partial charge in [0.05, 0.1) is 6.54 Å². The number of nitrogens with zero attached hydrogens (tertiary/aromatic N) is 3. The zero-order chi connectivity index (χ0) is 20.1. The molecular formula is C20H24BrN5O2. The Balaban J connectivity index is 1.44. The van der Waals surface area contributed by atoms with E-state index in [1.54, 1.807) is 6.20 Å². The second kappa shape index (κ2) is 9.16. The van der Waals surface area contributed by atoms with Crippen LogP contribution in [0.4, 0.5) is 16.3 Å². The minimum absolute atomic E-state index is 0.196. The quantitative estimate of drug-likeness (QED) is 0.756. The number of rotatable bonds is 4. The summed E-state index contributed by atoms with van der Waals surface area (Å²) in [6.07, 6.45) is 1.78. The maximum atomic E-state index is 12.2. The molecule has 1 fully saturated rings. The van der Waals surface area contributed by atoms with Crippen LogP contribution in [0.3, 0.4) is 0 Å². The lowest BCUT2D eigenvalue weighted by atomic mass is 10.1. The van der Waals surface area contributed by atoms with Crippen molar-refractivity contribution in [1.82, 2.24) is 15.2 Å². The molecule has 1 aliphatic rings. The Kier molecular flexibility index (Phi) is 6.64. The molecule has 0 aliphatic carbocycles. The Bertz CT molecular complexity index is 848. The number of carbonyl (C=O) groups is 2. The number of hydrogen-bond acceptors (Lipinski definition) is 5. The van der Waals surface area contributed by atoms with Crippen LogP contribution in [0.2, 0.25) is 0 Å². The number of anilines is 2. The van der Waals surface area contributed by atoms with Crippen molar-refractivity contribution in [2.75, 3.05) is 42.9 Å². The van der Waals surface area contributed by atoms with Crippen molar-refractivity contribution in [3.05, 3.63) is 52.1 Å². The summed E-state index contributed by atoms with van der Waals surface area (Å²) in [7, 11) is 0. The highest BCUT2D eigenvalue weighted by Crippen LogP contribution is 2.18. The van der Waals surface area contributed by atoms with Crippen LogP contribution in [0, 0.1) is 13.8 Å². The SMILES string of the molecule is Cc1cccc(NC(=O)NC(=O)CN2CCN(c3ccc(Br)cn3)CC2)c1C. The van der Waals surface area contributed by atoms with Crippen LogP contribution in [0.5, 0.6) is 0 Å². The van der Waals surface area contributed by atoms with E-state index in [1.807, 2.05) is 49.1 Å². The molecular weight excluding hydrogens is 422 g/mol. The van der Waals surface area contributed by atoms with Gasteiger partial charge in [0.25, 0.3) is 0 Å². The summed E-state index contributed by atoms with van der Waals surface area (Å²) in [6.45, 7) is 7.17. The average Bonchev–Trinajstić information content (AvgIpc) is 2.66. The number of nitrogens with one attached hydrogen (secondary N) is 2. The van der Waals surface area contributed by atoms with Crippen molar-refractivity contribution in [3.8, 4) is 0 Å². The third kappa shape index (κ3) is 5.30. The number of halogens is 1. The minimum Gasteiger partial charge on any atom is -0.354 e. The summed E-state index contributed by atoms with van der Waals surface area (Å²) in [4.78, 5) is 33.0. The Labute approximate surface area is 173 Å². The van der Waals surface area contributed by atoms with Crippen molar-refractivity contribution in [3.63, 3.8) is 0 Å². The number of hydrogen-bond donors (Lipinski definition) is 2. The third-order valence-electron chi connectivity index (χ3n) is 4.88. The van der Waals surface area contributed by atoms with Gasteiger partial charge in [-0.05, 0) is 59.1 Å². The molecule has 1 aliphatic heterocycles. The minimum atomic E-state index is -0.503. The van der Waals surface area contributed by atoms with Crippen molar-refractivity contribution in [2.24, 2.45) is 0 Å². The summed E-state index contributed by atoms with van der Waals surface area (Å²) < 4.78 is 0.950. The molecule has 28 heavy (non-hydrogen) atoms. The smallest absolute Gasteiger partial charge is 0.325 e. The summed E-state index contributed by atoms with van der Waals surface area (Å²) in [5, 5.41) is 5.15. The number of amides is 3. The molecule has 0 bridgehead atoms. The molecule has 7 nitrogen and oxygen atoms in total. The number of carbonyl (C=O) groups excluding carboxylic acids is 2. The molecule has 3 rings (SSSR count). The first-order valence-corrected chi connectivity index (χ1v) is 9.97. The Hall–Kier alpha value is -2.45. The average molecular weight is 446 g/mol. The number of aromatic nitrogens is 1. The number of aryl methyl sites for hydroxylation is 1. The number of urea groups is 1. The second-order valence-corrected chi connectivity index (χ2v) is 7.76. The summed E-state index contributed by atoms with van der Waals surface area (Å²) in [5.74, 6) is 0.623. The van der Waals surface area contributed by atoms with E-state index in [2.05, 4.69) is 36.4 Å². The molecule has 148 valence electrons. The van der Waals surface area contributed by atoms with E-state index in [-0.39, 0.29) is 12.5 Å². The molecule has 1 saturated heterocycles. The Morgan fingerprint density at radius 3 is 2.54 bits per heavy atom. The lowest BCUT2D eigenvalue weighted by Crippen LogP contribution is -2.50. The number of imide groups is 1. The van der Waals surface area contributed by atoms with Gasteiger partial charge in [0.1, 0.15) is 5.82 Å². The summed E-state index contributed by atoms with van der Waals surface area (Å²) in [5.41, 5.74) is 2.78. The topological polar surface area (TPSA) is 77.6 Å². The van der Waals surface area contributed by atoms with E-state index in [1.165, 1.54) is 0 Å². The van der Waals surface area contributed by atoms with E-state index >= 15 is 0 Å². The van der Waals surface area contributed by atoms with Gasteiger partial charge < -0.3 is 10.2 Å². The van der Waals surface area contributed by atoms with E-state index in [0.717, 1.165) is 47.6 Å². The molecule has 2 N–H and O–H groups in total. The molecule has 0 saturated carbocycles. The number of pyridine rings is 1. The first kappa shape index (κ1) is 20.3. The van der Waals surface area contributed by atoms with Crippen molar-refractivity contribution >= 4 is 39.4 Å². The molecule has 8 heteroatoms. The highest BCUT2D eigenvalue weighted by Gasteiger charge is 2.20. The Morgan fingerprint density at radius 2 is 1.86 bits per heavy atom. The zero-order valence-corrected chi connectivity index (χ0v) is 17.6. The molecule has 2 aromatic rings. The fourth-order valence-electron chi connectivity index (χ4n) is 3.10. The van der Waals surface area contributed by atoms with Crippen LogP contribution in [-0.4, -0.2) is 54.5 Å². The van der Waals surface area contributed by atoms with Crippen LogP contribution in [0.15, 0.2) is 41.0 Å². The van der Waals surface area contributed by atoms with Crippen LogP contribution in [0.25, 0.3) is 0 Å². The maximum Gasteiger partial charge on any atom is 0.325 e. The summed E-state index contributed by atoms with van der Waals surface area (Å²) in [6, 6.07) is 9.12. The highest BCUT2D eigenvalue weighted by atomic mass is 79.9. The van der Waals surface area contributed by atoms with Gasteiger partial charge >= 0.3 is 6.03 Å². The van der Waals surface area contributed by atoms with Gasteiger partial charge in [0.2, 0.25) is 5.91 Å². The van der Waals surface area contributed by atoms with Gasteiger partial charge in [0, 0.05) is 42.5 Å². The molecule has 0 radical (unpaired) electrons. The van der Waals surface area contributed by atoms with Crippen molar-refractivity contribution < 1.29 is 9.59 Å². The van der Waals surface area contributed by atoms with Crippen LogP contribution in [0.1, 0.15) is 11.1 Å². The maximum absolute atomic E-state index is 12.2. The zero-order valence-electron chi connectivity index (χ0n) is 16.0. The molecule has 2 heterocycles. The van der Waals surface area contributed by atoms with Gasteiger partial charge in [-0.3, -0.25) is 15.0 Å². The number of benzene rings is 1. The molecule has 1 aromatic carbocycles. The normalized spacial score (nSPS) is 14.6. The summed E-state index contributed by atoms with van der Waals surface area (Å²) >= 11 is 3.39. The molecule has 3 amide bonds. The van der Waals surface area contributed by atoms with Gasteiger partial charge in [0.15, 0.2) is 0 Å². The van der Waals surface area contributed by atoms with Gasteiger partial charge in [-0.25, -0.2) is 9.78 Å². The van der Waals surface area contributed by atoms with E-state index in [9.17, 15) is 9.59 Å². The highest BCUT2D eigenvalue weighted by molar-refractivity contribution is 9.10. The molecule has 0 spiro atoms. The predicted octanol–water partition coefficient (Wildman–Crippen LogP) is 2.93. The van der Waals surface area contributed by atoms with Gasteiger partial charge in [-0.2, -0.15) is 0 Å². The Morgan fingerprint density at radius 1 is 1.11 bits per heavy atom. The second-order valence-electron chi connectivity index (χ2n) is 6.85. The van der Waals surface area contributed by atoms with E-state index < -0.39 is 6.03 Å². The van der Waals surface area contributed by atoms with Crippen molar-refractivity contribution in [2.45, 2.75) is 13.8 Å². The van der Waals surface area contributed by atoms with Crippen LogP contribution >= 0.6 is 15.9 Å². The number of piperazine rings is 1. The van der Waals surface area contributed by atoms with E-state index in [0.29, 0.717) is 5.69 Å². The molecule has 0 atom stereocenters. The molecule has 1 aromatic heterocycles. The van der Waals surface area contributed by atoms with Crippen LogP contribution in [-0.2, 0) is 4.79 Å². The van der Waals surface area contributed by atoms with Gasteiger partial charge in [-0.15, -0.1) is 0 Å². The fourth-order valence-corrected chi connectivity index (χ4v) is 3.33. The largest absolute Gasteiger partial charge is 0.354 e.